The number of carbonyl (C=O) groups excluding carboxylic acids is 1. The van der Waals surface area contributed by atoms with E-state index in [-0.39, 0.29) is 18.8 Å². The SMILES string of the molecule is C=C(C)C(=O)OCCN(C)C.O=C(O)CCC(=O)O. The average molecular weight is 275 g/mol. The van der Waals surface area contributed by atoms with E-state index in [1.165, 1.54) is 0 Å². The molecule has 0 aliphatic heterocycles. The largest absolute Gasteiger partial charge is 0.481 e. The molecule has 0 fully saturated rings. The predicted octanol–water partition coefficient (Wildman–Crippen LogP) is 0.603. The minimum atomic E-state index is -1.08. The van der Waals surface area contributed by atoms with Crippen LogP contribution in [0.3, 0.4) is 0 Å². The van der Waals surface area contributed by atoms with Gasteiger partial charge in [0.05, 0.1) is 12.8 Å². The molecule has 0 bridgehead atoms. The summed E-state index contributed by atoms with van der Waals surface area (Å²) >= 11 is 0. The van der Waals surface area contributed by atoms with Gasteiger partial charge in [-0.15, -0.1) is 0 Å². The molecule has 7 nitrogen and oxygen atoms in total. The number of carbonyl (C=O) groups is 3. The second-order valence-electron chi connectivity index (χ2n) is 4.01. The van der Waals surface area contributed by atoms with Crippen molar-refractivity contribution in [3.8, 4) is 0 Å². The molecule has 0 rings (SSSR count). The van der Waals surface area contributed by atoms with Gasteiger partial charge in [-0.1, -0.05) is 6.58 Å². The van der Waals surface area contributed by atoms with Crippen LogP contribution < -0.4 is 0 Å². The summed E-state index contributed by atoms with van der Waals surface area (Å²) < 4.78 is 4.83. The maximum atomic E-state index is 10.8. The van der Waals surface area contributed by atoms with Gasteiger partial charge in [0.2, 0.25) is 0 Å². The van der Waals surface area contributed by atoms with Crippen LogP contribution >= 0.6 is 0 Å². The molecule has 0 aromatic heterocycles. The lowest BCUT2D eigenvalue weighted by Gasteiger charge is -2.09. The standard InChI is InChI=1S/C8H15NO2.C4H6O4/c1-7(2)8(10)11-6-5-9(3)4;5-3(6)1-2-4(7)8/h1,5-6H2,2-4H3;1-2H2,(H,5,6)(H,7,8). The first-order valence-corrected chi connectivity index (χ1v) is 5.57. The first-order valence-electron chi connectivity index (χ1n) is 5.57. The Labute approximate surface area is 112 Å². The van der Waals surface area contributed by atoms with Crippen molar-refractivity contribution in [3.63, 3.8) is 0 Å². The van der Waals surface area contributed by atoms with Crippen LogP contribution in [0.4, 0.5) is 0 Å². The van der Waals surface area contributed by atoms with Gasteiger partial charge in [-0.2, -0.15) is 0 Å². The predicted molar refractivity (Wildman–Crippen MR) is 68.8 cm³/mol. The number of rotatable bonds is 7. The van der Waals surface area contributed by atoms with Gasteiger partial charge in [0.25, 0.3) is 0 Å². The van der Waals surface area contributed by atoms with E-state index in [1.807, 2.05) is 19.0 Å². The zero-order valence-corrected chi connectivity index (χ0v) is 11.5. The molecule has 0 radical (unpaired) electrons. The van der Waals surface area contributed by atoms with Crippen molar-refractivity contribution in [1.29, 1.82) is 0 Å². The molecule has 0 aliphatic carbocycles. The summed E-state index contributed by atoms with van der Waals surface area (Å²) in [4.78, 5) is 32.0. The fraction of sp³-hybridized carbons (Fsp3) is 0.583. The molecule has 0 amide bonds. The third-order valence-electron chi connectivity index (χ3n) is 1.67. The molecule has 0 atom stereocenters. The first kappa shape index (κ1) is 19.4. The summed E-state index contributed by atoms with van der Waals surface area (Å²) in [5.74, 6) is -2.47. The Balaban J connectivity index is 0. The lowest BCUT2D eigenvalue weighted by atomic mass is 10.3. The maximum absolute atomic E-state index is 10.8. The molecular formula is C12H21NO6. The zero-order chi connectivity index (χ0) is 15.4. The van der Waals surface area contributed by atoms with Crippen molar-refractivity contribution < 1.29 is 29.3 Å². The van der Waals surface area contributed by atoms with Crippen LogP contribution in [0.5, 0.6) is 0 Å². The highest BCUT2D eigenvalue weighted by Gasteiger charge is 2.01. The third kappa shape index (κ3) is 18.7. The molecular weight excluding hydrogens is 254 g/mol. The smallest absolute Gasteiger partial charge is 0.333 e. The van der Waals surface area contributed by atoms with Gasteiger partial charge in [0, 0.05) is 12.1 Å². The second kappa shape index (κ2) is 11.2. The van der Waals surface area contributed by atoms with Crippen LogP contribution in [-0.4, -0.2) is 60.3 Å². The Morgan fingerprint density at radius 1 is 1.11 bits per heavy atom. The van der Waals surface area contributed by atoms with Gasteiger partial charge in [-0.05, 0) is 21.0 Å². The molecule has 0 aromatic rings. The number of carboxylic acid groups (broad SMARTS) is 2. The fourth-order valence-corrected chi connectivity index (χ4v) is 0.658. The number of hydrogen-bond acceptors (Lipinski definition) is 5. The van der Waals surface area contributed by atoms with Gasteiger partial charge in [-0.25, -0.2) is 4.79 Å². The molecule has 0 aliphatic rings. The molecule has 2 N–H and O–H groups in total. The lowest BCUT2D eigenvalue weighted by molar-refractivity contribution is -0.143. The van der Waals surface area contributed by atoms with E-state index in [2.05, 4.69) is 6.58 Å². The maximum Gasteiger partial charge on any atom is 0.333 e. The Bertz CT molecular complexity index is 310. The highest BCUT2D eigenvalue weighted by Crippen LogP contribution is 1.91. The molecule has 7 heteroatoms. The molecule has 0 heterocycles. The van der Waals surface area contributed by atoms with Crippen LogP contribution in [0.15, 0.2) is 12.2 Å². The zero-order valence-electron chi connectivity index (χ0n) is 11.5. The lowest BCUT2D eigenvalue weighted by Crippen LogP contribution is -2.20. The normalized spacial score (nSPS) is 9.26. The van der Waals surface area contributed by atoms with Gasteiger partial charge in [0.1, 0.15) is 6.61 Å². The Hall–Kier alpha value is -1.89. The van der Waals surface area contributed by atoms with Gasteiger partial charge in [-0.3, -0.25) is 9.59 Å². The van der Waals surface area contributed by atoms with Crippen molar-refractivity contribution in [1.82, 2.24) is 4.90 Å². The molecule has 110 valence electrons. The molecule has 0 unspecified atom stereocenters. The number of hydrogen-bond donors (Lipinski definition) is 2. The monoisotopic (exact) mass is 275 g/mol. The first-order chi connectivity index (χ1) is 8.66. The van der Waals surface area contributed by atoms with Crippen molar-refractivity contribution in [2.24, 2.45) is 0 Å². The number of aliphatic carboxylic acids is 2. The van der Waals surface area contributed by atoms with Gasteiger partial charge < -0.3 is 19.8 Å². The van der Waals surface area contributed by atoms with Crippen molar-refractivity contribution in [3.05, 3.63) is 12.2 Å². The Morgan fingerprint density at radius 2 is 1.53 bits per heavy atom. The summed E-state index contributed by atoms with van der Waals surface area (Å²) in [6, 6.07) is 0. The summed E-state index contributed by atoms with van der Waals surface area (Å²) in [5, 5.41) is 15.8. The molecule has 0 aromatic carbocycles. The van der Waals surface area contributed by atoms with Gasteiger partial charge in [0.15, 0.2) is 0 Å². The van der Waals surface area contributed by atoms with Crippen molar-refractivity contribution in [2.75, 3.05) is 27.2 Å². The van der Waals surface area contributed by atoms with E-state index in [0.717, 1.165) is 6.54 Å². The summed E-state index contributed by atoms with van der Waals surface area (Å²) in [5.41, 5.74) is 0.448. The number of nitrogens with zero attached hydrogens (tertiary/aromatic N) is 1. The number of ether oxygens (including phenoxy) is 1. The quantitative estimate of drug-likeness (QED) is 0.518. The van der Waals surface area contributed by atoms with E-state index in [0.29, 0.717) is 12.2 Å². The van der Waals surface area contributed by atoms with E-state index in [9.17, 15) is 14.4 Å². The van der Waals surface area contributed by atoms with E-state index < -0.39 is 11.9 Å². The molecule has 0 saturated heterocycles. The van der Waals surface area contributed by atoms with Crippen LogP contribution in [-0.2, 0) is 19.1 Å². The van der Waals surface area contributed by atoms with Crippen LogP contribution in [0.1, 0.15) is 19.8 Å². The number of likely N-dealkylation sites (N-methyl/N-ethyl adjacent to an activating group) is 1. The van der Waals surface area contributed by atoms with Crippen LogP contribution in [0, 0.1) is 0 Å². The highest BCUT2D eigenvalue weighted by atomic mass is 16.5. The molecule has 0 saturated carbocycles. The summed E-state index contributed by atoms with van der Waals surface area (Å²) in [6.45, 7) is 6.28. The highest BCUT2D eigenvalue weighted by molar-refractivity contribution is 5.86. The Morgan fingerprint density at radius 3 is 1.79 bits per heavy atom. The topological polar surface area (TPSA) is 104 Å². The van der Waals surface area contributed by atoms with E-state index in [4.69, 9.17) is 14.9 Å². The van der Waals surface area contributed by atoms with E-state index in [1.54, 1.807) is 6.92 Å². The van der Waals surface area contributed by atoms with Crippen molar-refractivity contribution in [2.45, 2.75) is 19.8 Å². The van der Waals surface area contributed by atoms with Crippen molar-refractivity contribution >= 4 is 17.9 Å². The minimum Gasteiger partial charge on any atom is -0.481 e. The summed E-state index contributed by atoms with van der Waals surface area (Å²) in [7, 11) is 3.85. The summed E-state index contributed by atoms with van der Waals surface area (Å²) in [6.07, 6.45) is -0.593. The van der Waals surface area contributed by atoms with E-state index >= 15 is 0 Å². The van der Waals surface area contributed by atoms with Crippen LogP contribution in [0.25, 0.3) is 0 Å². The number of esters is 1. The fourth-order valence-electron chi connectivity index (χ4n) is 0.658. The third-order valence-corrected chi connectivity index (χ3v) is 1.67. The van der Waals surface area contributed by atoms with Gasteiger partial charge >= 0.3 is 17.9 Å². The molecule has 19 heavy (non-hydrogen) atoms. The van der Waals surface area contributed by atoms with Crippen LogP contribution in [0.2, 0.25) is 0 Å². The minimum absolute atomic E-state index is 0.296. The number of carboxylic acids is 2. The second-order valence-corrected chi connectivity index (χ2v) is 4.01. The Kier molecular flexibility index (Phi) is 11.5. The molecule has 0 spiro atoms. The average Bonchev–Trinajstić information content (AvgIpc) is 2.26.